The molecule has 0 fully saturated rings. The lowest BCUT2D eigenvalue weighted by molar-refractivity contribution is 0.125. The normalized spacial score (nSPS) is 11.7. The maximum atomic E-state index is 11.0. The molecule has 0 amide bonds. The van der Waals surface area contributed by atoms with Crippen molar-refractivity contribution in [1.82, 2.24) is 10.6 Å². The second-order valence-electron chi connectivity index (χ2n) is 5.47. The Morgan fingerprint density at radius 3 is 2.46 bits per heavy atom. The van der Waals surface area contributed by atoms with E-state index < -0.39 is 9.84 Å². The zero-order valence-corrected chi connectivity index (χ0v) is 18.6. The van der Waals surface area contributed by atoms with Gasteiger partial charge in [0.25, 0.3) is 0 Å². The van der Waals surface area contributed by atoms with Gasteiger partial charge in [-0.25, -0.2) is 8.42 Å². The zero-order chi connectivity index (χ0) is 18.4. The van der Waals surface area contributed by atoms with Crippen molar-refractivity contribution in [2.45, 2.75) is 13.5 Å². The van der Waals surface area contributed by atoms with Gasteiger partial charge in [-0.05, 0) is 12.5 Å². The van der Waals surface area contributed by atoms with E-state index in [-0.39, 0.29) is 36.3 Å². The van der Waals surface area contributed by atoms with Crippen molar-refractivity contribution in [3.05, 3.63) is 35.9 Å². The summed E-state index contributed by atoms with van der Waals surface area (Å²) in [6.45, 7) is 5.60. The predicted molar refractivity (Wildman–Crippen MR) is 116 cm³/mol. The number of benzene rings is 1. The van der Waals surface area contributed by atoms with Crippen LogP contribution in [0.25, 0.3) is 0 Å². The highest BCUT2D eigenvalue weighted by molar-refractivity contribution is 14.0. The van der Waals surface area contributed by atoms with Crippen molar-refractivity contribution >= 4 is 39.8 Å². The zero-order valence-electron chi connectivity index (χ0n) is 15.4. The van der Waals surface area contributed by atoms with Gasteiger partial charge < -0.3 is 20.1 Å². The number of hydrogen-bond donors (Lipinski definition) is 2. The maximum absolute atomic E-state index is 11.0. The molecule has 7 nitrogen and oxygen atoms in total. The first-order valence-electron chi connectivity index (χ1n) is 8.40. The summed E-state index contributed by atoms with van der Waals surface area (Å²) in [5, 5.41) is 6.32. The Kier molecular flexibility index (Phi) is 14.6. The quantitative estimate of drug-likeness (QED) is 0.196. The van der Waals surface area contributed by atoms with Gasteiger partial charge in [0.2, 0.25) is 0 Å². The molecule has 0 aliphatic heterocycles. The largest absolute Gasteiger partial charge is 0.378 e. The minimum atomic E-state index is -2.97. The van der Waals surface area contributed by atoms with Gasteiger partial charge in [-0.1, -0.05) is 30.3 Å². The molecule has 0 spiro atoms. The van der Waals surface area contributed by atoms with Crippen molar-refractivity contribution in [1.29, 1.82) is 0 Å². The van der Waals surface area contributed by atoms with Crippen LogP contribution in [0.2, 0.25) is 0 Å². The SMILES string of the molecule is CCNC(=NCCOCCS(C)(=O)=O)NCCOCc1ccccc1.I. The van der Waals surface area contributed by atoms with Gasteiger partial charge in [0.1, 0.15) is 9.84 Å². The van der Waals surface area contributed by atoms with E-state index in [1.807, 2.05) is 37.3 Å². The average molecular weight is 499 g/mol. The van der Waals surface area contributed by atoms with Crippen molar-refractivity contribution in [2.24, 2.45) is 4.99 Å². The Hall–Kier alpha value is -0.910. The fourth-order valence-corrected chi connectivity index (χ4v) is 2.30. The molecule has 0 saturated carbocycles. The standard InChI is InChI=1S/C17H29N3O4S.HI/c1-3-18-17(19-9-11-23-13-14-25(2,21)22)20-10-12-24-15-16-7-5-4-6-8-16;/h4-8H,3,9-15H2,1-2H3,(H2,18,19,20);1H. The van der Waals surface area contributed by atoms with Crippen LogP contribution in [0.3, 0.4) is 0 Å². The van der Waals surface area contributed by atoms with Crippen LogP contribution in [-0.2, 0) is 25.9 Å². The summed E-state index contributed by atoms with van der Waals surface area (Å²) >= 11 is 0. The van der Waals surface area contributed by atoms with E-state index in [0.29, 0.717) is 38.9 Å². The molecule has 0 saturated heterocycles. The van der Waals surface area contributed by atoms with E-state index >= 15 is 0 Å². The van der Waals surface area contributed by atoms with Crippen LogP contribution in [0.1, 0.15) is 12.5 Å². The van der Waals surface area contributed by atoms with Gasteiger partial charge in [0, 0.05) is 19.3 Å². The summed E-state index contributed by atoms with van der Waals surface area (Å²) in [4.78, 5) is 4.37. The minimum absolute atomic E-state index is 0. The number of nitrogens with one attached hydrogen (secondary N) is 2. The molecule has 0 aromatic heterocycles. The summed E-state index contributed by atoms with van der Waals surface area (Å²) in [5.41, 5.74) is 1.15. The maximum Gasteiger partial charge on any atom is 0.191 e. The summed E-state index contributed by atoms with van der Waals surface area (Å²) < 4.78 is 32.8. The lowest BCUT2D eigenvalue weighted by Crippen LogP contribution is -2.39. The fraction of sp³-hybridized carbons (Fsp3) is 0.588. The van der Waals surface area contributed by atoms with Crippen LogP contribution in [0.5, 0.6) is 0 Å². The number of nitrogens with zero attached hydrogens (tertiary/aromatic N) is 1. The van der Waals surface area contributed by atoms with Crippen molar-refractivity contribution in [2.75, 3.05) is 51.5 Å². The highest BCUT2D eigenvalue weighted by atomic mass is 127. The van der Waals surface area contributed by atoms with Crippen LogP contribution < -0.4 is 10.6 Å². The molecule has 1 rings (SSSR count). The summed E-state index contributed by atoms with van der Waals surface area (Å²) in [7, 11) is -2.97. The van der Waals surface area contributed by atoms with Gasteiger partial charge in [0.15, 0.2) is 5.96 Å². The van der Waals surface area contributed by atoms with Crippen molar-refractivity contribution in [3.8, 4) is 0 Å². The van der Waals surface area contributed by atoms with Gasteiger partial charge in [0.05, 0.1) is 38.7 Å². The van der Waals surface area contributed by atoms with Crippen LogP contribution in [0.15, 0.2) is 35.3 Å². The van der Waals surface area contributed by atoms with Gasteiger partial charge in [-0.15, -0.1) is 24.0 Å². The first-order valence-corrected chi connectivity index (χ1v) is 10.5. The molecule has 0 aliphatic rings. The van der Waals surface area contributed by atoms with Crippen LogP contribution in [0.4, 0.5) is 0 Å². The number of aliphatic imine (C=N–C) groups is 1. The number of ether oxygens (including phenoxy) is 2. The van der Waals surface area contributed by atoms with E-state index in [4.69, 9.17) is 9.47 Å². The fourth-order valence-electron chi connectivity index (χ4n) is 1.88. The average Bonchev–Trinajstić information content (AvgIpc) is 2.57. The first-order chi connectivity index (χ1) is 12.0. The van der Waals surface area contributed by atoms with Gasteiger partial charge in [-0.2, -0.15) is 0 Å². The van der Waals surface area contributed by atoms with E-state index in [1.165, 1.54) is 6.26 Å². The third-order valence-electron chi connectivity index (χ3n) is 3.10. The van der Waals surface area contributed by atoms with Gasteiger partial charge >= 0.3 is 0 Å². The number of hydrogen-bond acceptors (Lipinski definition) is 5. The molecule has 9 heteroatoms. The molecular formula is C17H30IN3O4S. The topological polar surface area (TPSA) is 89.0 Å². The van der Waals surface area contributed by atoms with Crippen molar-refractivity contribution < 1.29 is 17.9 Å². The minimum Gasteiger partial charge on any atom is -0.378 e. The van der Waals surface area contributed by atoms with Crippen LogP contribution >= 0.6 is 24.0 Å². The molecule has 150 valence electrons. The number of guanidine groups is 1. The lowest BCUT2D eigenvalue weighted by Gasteiger charge is -2.11. The number of rotatable bonds is 12. The van der Waals surface area contributed by atoms with Crippen molar-refractivity contribution in [3.63, 3.8) is 0 Å². The molecule has 0 atom stereocenters. The third-order valence-corrected chi connectivity index (χ3v) is 4.01. The summed E-state index contributed by atoms with van der Waals surface area (Å²) in [5.74, 6) is 0.728. The Balaban J connectivity index is 0.00000625. The number of halogens is 1. The Bertz CT molecular complexity index is 597. The smallest absolute Gasteiger partial charge is 0.191 e. The molecule has 1 aromatic rings. The third kappa shape index (κ3) is 14.3. The molecule has 0 heterocycles. The molecule has 0 aliphatic carbocycles. The molecule has 0 unspecified atom stereocenters. The Morgan fingerprint density at radius 2 is 1.81 bits per heavy atom. The number of sulfone groups is 1. The Labute approximate surface area is 173 Å². The molecule has 1 aromatic carbocycles. The highest BCUT2D eigenvalue weighted by Crippen LogP contribution is 1.99. The van der Waals surface area contributed by atoms with E-state index in [1.54, 1.807) is 0 Å². The summed E-state index contributed by atoms with van der Waals surface area (Å²) in [6, 6.07) is 10.0. The second kappa shape index (κ2) is 15.2. The molecule has 0 radical (unpaired) electrons. The Morgan fingerprint density at radius 1 is 1.08 bits per heavy atom. The first kappa shape index (κ1) is 25.1. The summed E-state index contributed by atoms with van der Waals surface area (Å²) in [6.07, 6.45) is 1.20. The van der Waals surface area contributed by atoms with Crippen LogP contribution in [-0.4, -0.2) is 65.8 Å². The monoisotopic (exact) mass is 499 g/mol. The van der Waals surface area contributed by atoms with E-state index in [2.05, 4.69) is 15.6 Å². The predicted octanol–water partition coefficient (Wildman–Crippen LogP) is 1.44. The van der Waals surface area contributed by atoms with E-state index in [0.717, 1.165) is 12.1 Å². The molecule has 26 heavy (non-hydrogen) atoms. The molecule has 0 bridgehead atoms. The lowest BCUT2D eigenvalue weighted by atomic mass is 10.2. The molecular weight excluding hydrogens is 469 g/mol. The van der Waals surface area contributed by atoms with Crippen LogP contribution in [0, 0.1) is 0 Å². The second-order valence-corrected chi connectivity index (χ2v) is 7.73. The van der Waals surface area contributed by atoms with Gasteiger partial charge in [-0.3, -0.25) is 4.99 Å². The van der Waals surface area contributed by atoms with E-state index in [9.17, 15) is 8.42 Å². The molecule has 2 N–H and O–H groups in total. The highest BCUT2D eigenvalue weighted by Gasteiger charge is 2.01.